The summed E-state index contributed by atoms with van der Waals surface area (Å²) >= 11 is 0. The highest BCUT2D eigenvalue weighted by Crippen LogP contribution is 2.14. The summed E-state index contributed by atoms with van der Waals surface area (Å²) in [7, 11) is 0. The fraction of sp³-hybridized carbons (Fsp3) is 0.750. The molecule has 1 aliphatic rings. The zero-order chi connectivity index (χ0) is 11.4. The molecule has 1 fully saturated rings. The van der Waals surface area contributed by atoms with Crippen molar-refractivity contribution in [1.29, 1.82) is 0 Å². The Balaban J connectivity index is 1.86. The van der Waals surface area contributed by atoms with E-state index in [9.17, 15) is 0 Å². The van der Waals surface area contributed by atoms with Gasteiger partial charge in [-0.25, -0.2) is 0 Å². The molecule has 1 atom stereocenters. The van der Waals surface area contributed by atoms with Gasteiger partial charge < -0.3 is 10.1 Å². The lowest BCUT2D eigenvalue weighted by Gasteiger charge is -2.23. The van der Waals surface area contributed by atoms with E-state index in [1.54, 1.807) is 0 Å². The van der Waals surface area contributed by atoms with Gasteiger partial charge in [-0.05, 0) is 18.8 Å². The topological polar surface area (TPSA) is 39.1 Å². The first-order chi connectivity index (χ1) is 7.74. The summed E-state index contributed by atoms with van der Waals surface area (Å²) in [6, 6.07) is 0.449. The summed E-state index contributed by atoms with van der Waals surface area (Å²) in [5.74, 6) is 0.630. The summed E-state index contributed by atoms with van der Waals surface area (Å²) in [6.07, 6.45) is 6.32. The molecule has 1 saturated heterocycles. The molecule has 0 spiro atoms. The van der Waals surface area contributed by atoms with E-state index in [2.05, 4.69) is 30.5 Å². The Morgan fingerprint density at radius 1 is 1.62 bits per heavy atom. The highest BCUT2D eigenvalue weighted by Gasteiger charge is 2.13. The van der Waals surface area contributed by atoms with Gasteiger partial charge in [-0.2, -0.15) is 5.10 Å². The predicted octanol–water partition coefficient (Wildman–Crippen LogP) is 2.13. The first-order valence-electron chi connectivity index (χ1n) is 6.11. The van der Waals surface area contributed by atoms with Gasteiger partial charge in [-0.3, -0.25) is 4.68 Å². The quantitative estimate of drug-likeness (QED) is 0.850. The molecule has 0 saturated carbocycles. The lowest BCUT2D eigenvalue weighted by molar-refractivity contribution is 0.0876. The van der Waals surface area contributed by atoms with Crippen LogP contribution in [0.25, 0.3) is 0 Å². The van der Waals surface area contributed by atoms with Crippen LogP contribution in [0.3, 0.4) is 0 Å². The van der Waals surface area contributed by atoms with Crippen LogP contribution in [-0.2, 0) is 11.3 Å². The average molecular weight is 223 g/mol. The second kappa shape index (κ2) is 5.34. The molecular formula is C12H21N3O. The number of hydrogen-bond donors (Lipinski definition) is 1. The third kappa shape index (κ3) is 3.23. The van der Waals surface area contributed by atoms with Gasteiger partial charge in [0, 0.05) is 25.4 Å². The SMILES string of the molecule is CC(C)Cn1cc(NC2CCCOC2)cn1. The Labute approximate surface area is 97.0 Å². The lowest BCUT2D eigenvalue weighted by Crippen LogP contribution is -2.29. The van der Waals surface area contributed by atoms with Crippen LogP contribution in [0.4, 0.5) is 5.69 Å². The minimum absolute atomic E-state index is 0.449. The van der Waals surface area contributed by atoms with Crippen molar-refractivity contribution in [2.75, 3.05) is 18.5 Å². The molecule has 0 amide bonds. The molecule has 90 valence electrons. The van der Waals surface area contributed by atoms with E-state index in [0.717, 1.165) is 31.9 Å². The molecule has 0 bridgehead atoms. The van der Waals surface area contributed by atoms with Crippen molar-refractivity contribution in [3.63, 3.8) is 0 Å². The molecule has 0 aliphatic carbocycles. The summed E-state index contributed by atoms with van der Waals surface area (Å²) in [4.78, 5) is 0. The molecule has 2 heterocycles. The van der Waals surface area contributed by atoms with Crippen molar-refractivity contribution in [2.45, 2.75) is 39.3 Å². The number of hydrogen-bond acceptors (Lipinski definition) is 3. The number of ether oxygens (including phenoxy) is 1. The van der Waals surface area contributed by atoms with E-state index in [4.69, 9.17) is 4.74 Å². The van der Waals surface area contributed by atoms with Crippen molar-refractivity contribution in [1.82, 2.24) is 9.78 Å². The number of nitrogens with zero attached hydrogens (tertiary/aromatic N) is 2. The predicted molar refractivity (Wildman–Crippen MR) is 64.5 cm³/mol. The largest absolute Gasteiger partial charge is 0.379 e. The molecule has 2 rings (SSSR count). The lowest BCUT2D eigenvalue weighted by atomic mass is 10.1. The van der Waals surface area contributed by atoms with Crippen LogP contribution < -0.4 is 5.32 Å². The van der Waals surface area contributed by atoms with Crippen LogP contribution in [-0.4, -0.2) is 29.0 Å². The van der Waals surface area contributed by atoms with E-state index >= 15 is 0 Å². The van der Waals surface area contributed by atoms with Crippen LogP contribution in [0.1, 0.15) is 26.7 Å². The van der Waals surface area contributed by atoms with Crippen LogP contribution in [0, 0.1) is 5.92 Å². The summed E-state index contributed by atoms with van der Waals surface area (Å²) in [5, 5.41) is 7.80. The van der Waals surface area contributed by atoms with E-state index in [-0.39, 0.29) is 0 Å². The maximum absolute atomic E-state index is 5.44. The minimum atomic E-state index is 0.449. The summed E-state index contributed by atoms with van der Waals surface area (Å²) in [5.41, 5.74) is 1.11. The van der Waals surface area contributed by atoms with Crippen molar-refractivity contribution >= 4 is 5.69 Å². The van der Waals surface area contributed by atoms with Crippen LogP contribution >= 0.6 is 0 Å². The third-order valence-corrected chi connectivity index (χ3v) is 2.72. The third-order valence-electron chi connectivity index (χ3n) is 2.72. The molecule has 0 radical (unpaired) electrons. The second-order valence-corrected chi connectivity index (χ2v) is 4.90. The number of nitrogens with one attached hydrogen (secondary N) is 1. The molecule has 4 heteroatoms. The molecule has 16 heavy (non-hydrogen) atoms. The van der Waals surface area contributed by atoms with Crippen molar-refractivity contribution in [3.8, 4) is 0 Å². The fourth-order valence-electron chi connectivity index (χ4n) is 2.00. The molecule has 1 N–H and O–H groups in total. The van der Waals surface area contributed by atoms with Gasteiger partial charge >= 0.3 is 0 Å². The van der Waals surface area contributed by atoms with Gasteiger partial charge in [0.2, 0.25) is 0 Å². The zero-order valence-corrected chi connectivity index (χ0v) is 10.1. The van der Waals surface area contributed by atoms with Gasteiger partial charge in [0.05, 0.1) is 18.5 Å². The number of rotatable bonds is 4. The standard InChI is InChI=1S/C12H21N3O/c1-10(2)7-15-8-12(6-13-15)14-11-4-3-5-16-9-11/h6,8,10-11,14H,3-5,7,9H2,1-2H3. The Hall–Kier alpha value is -1.03. The molecule has 4 nitrogen and oxygen atoms in total. The van der Waals surface area contributed by atoms with E-state index < -0.39 is 0 Å². The maximum Gasteiger partial charge on any atom is 0.0729 e. The smallest absolute Gasteiger partial charge is 0.0729 e. The van der Waals surface area contributed by atoms with E-state index in [0.29, 0.717) is 12.0 Å². The molecule has 1 unspecified atom stereocenters. The van der Waals surface area contributed by atoms with Crippen molar-refractivity contribution < 1.29 is 4.74 Å². The van der Waals surface area contributed by atoms with Crippen LogP contribution in [0.5, 0.6) is 0 Å². The number of aromatic nitrogens is 2. The first kappa shape index (κ1) is 11.5. The Kier molecular flexibility index (Phi) is 3.83. The number of anilines is 1. The maximum atomic E-state index is 5.44. The van der Waals surface area contributed by atoms with Crippen LogP contribution in [0.2, 0.25) is 0 Å². The van der Waals surface area contributed by atoms with Gasteiger partial charge in [0.25, 0.3) is 0 Å². The van der Waals surface area contributed by atoms with Crippen molar-refractivity contribution in [3.05, 3.63) is 12.4 Å². The highest BCUT2D eigenvalue weighted by atomic mass is 16.5. The zero-order valence-electron chi connectivity index (χ0n) is 10.1. The van der Waals surface area contributed by atoms with Gasteiger partial charge in [-0.15, -0.1) is 0 Å². The highest BCUT2D eigenvalue weighted by molar-refractivity contribution is 5.39. The van der Waals surface area contributed by atoms with Crippen molar-refractivity contribution in [2.24, 2.45) is 5.92 Å². The minimum Gasteiger partial charge on any atom is -0.379 e. The second-order valence-electron chi connectivity index (χ2n) is 4.90. The monoisotopic (exact) mass is 223 g/mol. The van der Waals surface area contributed by atoms with E-state index in [1.807, 2.05) is 10.9 Å². The summed E-state index contributed by atoms with van der Waals surface area (Å²) < 4.78 is 7.43. The normalized spacial score (nSPS) is 21.3. The van der Waals surface area contributed by atoms with E-state index in [1.165, 1.54) is 6.42 Å². The Morgan fingerprint density at radius 2 is 2.50 bits per heavy atom. The van der Waals surface area contributed by atoms with Gasteiger partial charge in [-0.1, -0.05) is 13.8 Å². The van der Waals surface area contributed by atoms with Crippen LogP contribution in [0.15, 0.2) is 12.4 Å². The molecule has 1 aliphatic heterocycles. The summed E-state index contributed by atoms with van der Waals surface area (Å²) in [6.45, 7) is 7.09. The van der Waals surface area contributed by atoms with Gasteiger partial charge in [0.15, 0.2) is 0 Å². The molecule has 1 aromatic rings. The average Bonchev–Trinajstić information content (AvgIpc) is 2.66. The first-order valence-corrected chi connectivity index (χ1v) is 6.11. The fourth-order valence-corrected chi connectivity index (χ4v) is 2.00. The van der Waals surface area contributed by atoms with Gasteiger partial charge in [0.1, 0.15) is 0 Å². The Bertz CT molecular complexity index is 316. The Morgan fingerprint density at radius 3 is 3.19 bits per heavy atom. The molecule has 0 aromatic carbocycles. The molecule has 1 aromatic heterocycles. The molecular weight excluding hydrogens is 202 g/mol.